The molecule has 0 amide bonds. The highest BCUT2D eigenvalue weighted by Gasteiger charge is 2.43. The zero-order valence-electron chi connectivity index (χ0n) is 12.0. The fraction of sp³-hybridized carbons (Fsp3) is 0.600. The Labute approximate surface area is 125 Å². The number of hydrogen-bond acceptors (Lipinski definition) is 4. The van der Waals surface area contributed by atoms with Crippen LogP contribution in [0.3, 0.4) is 0 Å². The molecule has 1 N–H and O–H groups in total. The number of hydrogen-bond donors (Lipinski definition) is 1. The SMILES string of the molecule is CCNC1CC(Oc2cccc(Cl)c2)C1OCCOC. The lowest BCUT2D eigenvalue weighted by molar-refractivity contribution is -0.115. The molecule has 0 bridgehead atoms. The van der Waals surface area contributed by atoms with E-state index in [0.717, 1.165) is 18.7 Å². The predicted molar refractivity (Wildman–Crippen MR) is 79.6 cm³/mol. The van der Waals surface area contributed by atoms with Gasteiger partial charge in [-0.3, -0.25) is 0 Å². The zero-order valence-corrected chi connectivity index (χ0v) is 12.7. The largest absolute Gasteiger partial charge is 0.488 e. The summed E-state index contributed by atoms with van der Waals surface area (Å²) in [4.78, 5) is 0. The summed E-state index contributed by atoms with van der Waals surface area (Å²) in [5.41, 5.74) is 0. The van der Waals surface area contributed by atoms with Gasteiger partial charge >= 0.3 is 0 Å². The summed E-state index contributed by atoms with van der Waals surface area (Å²) < 4.78 is 16.8. The van der Waals surface area contributed by atoms with Crippen LogP contribution in [0.5, 0.6) is 5.75 Å². The van der Waals surface area contributed by atoms with Crippen LogP contribution in [0.4, 0.5) is 0 Å². The zero-order chi connectivity index (χ0) is 14.4. The van der Waals surface area contributed by atoms with Crippen molar-refractivity contribution < 1.29 is 14.2 Å². The Morgan fingerprint density at radius 2 is 2.20 bits per heavy atom. The van der Waals surface area contributed by atoms with Crippen LogP contribution in [-0.4, -0.2) is 45.1 Å². The second kappa shape index (κ2) is 7.84. The van der Waals surface area contributed by atoms with Gasteiger partial charge in [-0.05, 0) is 24.7 Å². The molecule has 0 aromatic heterocycles. The Kier molecular flexibility index (Phi) is 6.10. The molecule has 20 heavy (non-hydrogen) atoms. The molecule has 0 spiro atoms. The van der Waals surface area contributed by atoms with Crippen LogP contribution in [-0.2, 0) is 9.47 Å². The summed E-state index contributed by atoms with van der Waals surface area (Å²) in [6, 6.07) is 7.82. The fourth-order valence-electron chi connectivity index (χ4n) is 2.36. The van der Waals surface area contributed by atoms with E-state index >= 15 is 0 Å². The minimum absolute atomic E-state index is 0.0593. The Morgan fingerprint density at radius 1 is 1.35 bits per heavy atom. The topological polar surface area (TPSA) is 39.7 Å². The molecular formula is C15H22ClNO3. The van der Waals surface area contributed by atoms with Gasteiger partial charge in [-0.1, -0.05) is 24.6 Å². The number of rotatable bonds is 8. The van der Waals surface area contributed by atoms with Gasteiger partial charge in [0.25, 0.3) is 0 Å². The van der Waals surface area contributed by atoms with Gasteiger partial charge in [0.15, 0.2) is 0 Å². The first-order valence-electron chi connectivity index (χ1n) is 7.00. The molecule has 0 heterocycles. The van der Waals surface area contributed by atoms with E-state index in [2.05, 4.69) is 12.2 Å². The summed E-state index contributed by atoms with van der Waals surface area (Å²) in [6.07, 6.45) is 1.07. The molecule has 112 valence electrons. The summed E-state index contributed by atoms with van der Waals surface area (Å²) >= 11 is 5.97. The number of halogens is 1. The van der Waals surface area contributed by atoms with Crippen molar-refractivity contribution in [1.29, 1.82) is 0 Å². The third-order valence-corrected chi connectivity index (χ3v) is 3.63. The summed E-state index contributed by atoms with van der Waals surface area (Å²) in [7, 11) is 1.67. The molecule has 3 unspecified atom stereocenters. The molecule has 0 saturated heterocycles. The maximum atomic E-state index is 5.97. The highest BCUT2D eigenvalue weighted by atomic mass is 35.5. The van der Waals surface area contributed by atoms with E-state index in [9.17, 15) is 0 Å². The molecule has 2 rings (SSSR count). The van der Waals surface area contributed by atoms with Crippen molar-refractivity contribution in [2.45, 2.75) is 31.6 Å². The smallest absolute Gasteiger partial charge is 0.128 e. The Morgan fingerprint density at radius 3 is 2.90 bits per heavy atom. The molecule has 1 aliphatic rings. The van der Waals surface area contributed by atoms with E-state index in [1.54, 1.807) is 7.11 Å². The van der Waals surface area contributed by atoms with Gasteiger partial charge in [0.2, 0.25) is 0 Å². The van der Waals surface area contributed by atoms with Crippen molar-refractivity contribution in [3.05, 3.63) is 29.3 Å². The highest BCUT2D eigenvalue weighted by molar-refractivity contribution is 6.30. The molecular weight excluding hydrogens is 278 g/mol. The monoisotopic (exact) mass is 299 g/mol. The van der Waals surface area contributed by atoms with Gasteiger partial charge in [0, 0.05) is 24.6 Å². The van der Waals surface area contributed by atoms with Gasteiger partial charge in [0.05, 0.1) is 13.2 Å². The van der Waals surface area contributed by atoms with Gasteiger partial charge in [-0.25, -0.2) is 0 Å². The Bertz CT molecular complexity index is 416. The second-order valence-electron chi connectivity index (χ2n) is 4.84. The Hall–Kier alpha value is -0.810. The summed E-state index contributed by atoms with van der Waals surface area (Å²) in [5, 5.41) is 4.10. The molecule has 4 nitrogen and oxygen atoms in total. The van der Waals surface area contributed by atoms with Crippen LogP contribution >= 0.6 is 11.6 Å². The van der Waals surface area contributed by atoms with Crippen LogP contribution in [0.2, 0.25) is 5.02 Å². The van der Waals surface area contributed by atoms with Gasteiger partial charge in [-0.15, -0.1) is 0 Å². The molecule has 0 aliphatic heterocycles. The number of likely N-dealkylation sites (N-methyl/N-ethyl adjacent to an activating group) is 1. The molecule has 3 atom stereocenters. The van der Waals surface area contributed by atoms with Crippen molar-refractivity contribution in [3.8, 4) is 5.75 Å². The van der Waals surface area contributed by atoms with Crippen LogP contribution in [0.1, 0.15) is 13.3 Å². The van der Waals surface area contributed by atoms with Crippen LogP contribution in [0.15, 0.2) is 24.3 Å². The molecule has 1 fully saturated rings. The second-order valence-corrected chi connectivity index (χ2v) is 5.28. The molecule has 1 aromatic rings. The maximum absolute atomic E-state index is 5.97. The van der Waals surface area contributed by atoms with Crippen LogP contribution < -0.4 is 10.1 Å². The lowest BCUT2D eigenvalue weighted by Gasteiger charge is -2.44. The first-order valence-corrected chi connectivity index (χ1v) is 7.38. The lowest BCUT2D eigenvalue weighted by atomic mass is 9.85. The van der Waals surface area contributed by atoms with Gasteiger partial charge in [-0.2, -0.15) is 0 Å². The standard InChI is InChI=1S/C15H22ClNO3/c1-3-17-13-10-14(15(13)19-8-7-18-2)20-12-6-4-5-11(16)9-12/h4-6,9,13-15,17H,3,7-8,10H2,1-2H3. The predicted octanol–water partition coefficient (Wildman–Crippen LogP) is 2.50. The van der Waals surface area contributed by atoms with Crippen molar-refractivity contribution in [1.82, 2.24) is 5.32 Å². The summed E-state index contributed by atoms with van der Waals surface area (Å²) in [6.45, 7) is 4.20. The number of methoxy groups -OCH3 is 1. The van der Waals surface area contributed by atoms with E-state index in [4.69, 9.17) is 25.8 Å². The van der Waals surface area contributed by atoms with E-state index in [1.807, 2.05) is 24.3 Å². The normalized spacial score (nSPS) is 25.2. The third kappa shape index (κ3) is 4.09. The first-order chi connectivity index (χ1) is 9.74. The quantitative estimate of drug-likeness (QED) is 0.749. The molecule has 1 saturated carbocycles. The van der Waals surface area contributed by atoms with Crippen LogP contribution in [0.25, 0.3) is 0 Å². The molecule has 0 radical (unpaired) electrons. The van der Waals surface area contributed by atoms with Crippen molar-refractivity contribution in [3.63, 3.8) is 0 Å². The van der Waals surface area contributed by atoms with Gasteiger partial charge in [0.1, 0.15) is 18.0 Å². The number of nitrogens with one attached hydrogen (secondary N) is 1. The van der Waals surface area contributed by atoms with E-state index in [1.165, 1.54) is 0 Å². The van der Waals surface area contributed by atoms with E-state index in [-0.39, 0.29) is 12.2 Å². The van der Waals surface area contributed by atoms with Crippen molar-refractivity contribution >= 4 is 11.6 Å². The van der Waals surface area contributed by atoms with E-state index < -0.39 is 0 Å². The van der Waals surface area contributed by atoms with Crippen molar-refractivity contribution in [2.24, 2.45) is 0 Å². The molecule has 1 aromatic carbocycles. The Balaban J connectivity index is 1.89. The minimum Gasteiger partial charge on any atom is -0.488 e. The number of benzene rings is 1. The summed E-state index contributed by atoms with van der Waals surface area (Å²) in [5.74, 6) is 0.790. The first kappa shape index (κ1) is 15.6. The van der Waals surface area contributed by atoms with Crippen molar-refractivity contribution in [2.75, 3.05) is 26.9 Å². The minimum atomic E-state index is 0.0593. The maximum Gasteiger partial charge on any atom is 0.128 e. The lowest BCUT2D eigenvalue weighted by Crippen LogP contribution is -2.61. The molecule has 5 heteroatoms. The average molecular weight is 300 g/mol. The number of ether oxygens (including phenoxy) is 3. The highest BCUT2D eigenvalue weighted by Crippen LogP contribution is 2.30. The fourth-order valence-corrected chi connectivity index (χ4v) is 2.55. The average Bonchev–Trinajstić information content (AvgIpc) is 2.42. The van der Waals surface area contributed by atoms with Gasteiger partial charge < -0.3 is 19.5 Å². The van der Waals surface area contributed by atoms with E-state index in [0.29, 0.717) is 24.3 Å². The van der Waals surface area contributed by atoms with Crippen LogP contribution in [0, 0.1) is 0 Å². The third-order valence-electron chi connectivity index (χ3n) is 3.40. The molecule has 1 aliphatic carbocycles.